The van der Waals surface area contributed by atoms with Gasteiger partial charge >= 0.3 is 17.9 Å². The largest absolute Gasteiger partial charge is 0.462 e. The smallest absolute Gasteiger partial charge is 0.306 e. The Morgan fingerprint density at radius 2 is 0.600 bits per heavy atom. The minimum Gasteiger partial charge on any atom is -0.462 e. The SMILES string of the molecule is CC/C=C\C/C=C\C/C=C\CCCCCCCC(=O)O[C@@H](COC(=O)CCCCCCCCCCCCC)COC(=O)CCCCCCCCCCCCCCCCCCCCCCC. The molecule has 1 atom stereocenters. The third-order valence-electron chi connectivity index (χ3n) is 12.7. The zero-order valence-corrected chi connectivity index (χ0v) is 43.5. The standard InChI is InChI=1S/C59H108O6/c1-4-7-10-13-16-19-22-24-26-27-28-29-30-31-33-34-37-40-43-46-49-52-58(61)64-55-56(54-63-57(60)51-48-45-42-39-36-21-18-15-12-9-6-3)65-59(62)53-50-47-44-41-38-35-32-25-23-20-17-14-11-8-5-2/h8,11,17,20,25,32,56H,4-7,9-10,12-16,18-19,21-24,26-31,33-55H2,1-3H3/b11-8-,20-17-,32-25-/t56-/m0/s1. The zero-order chi connectivity index (χ0) is 47.2. The fourth-order valence-electron chi connectivity index (χ4n) is 8.40. The first-order valence-electron chi connectivity index (χ1n) is 28.5. The highest BCUT2D eigenvalue weighted by Gasteiger charge is 2.19. The molecule has 0 amide bonds. The summed E-state index contributed by atoms with van der Waals surface area (Å²) in [7, 11) is 0. The number of carbonyl (C=O) groups excluding carboxylic acids is 3. The summed E-state index contributed by atoms with van der Waals surface area (Å²) in [5.74, 6) is -0.876. The van der Waals surface area contributed by atoms with Crippen LogP contribution in [0.15, 0.2) is 36.5 Å². The van der Waals surface area contributed by atoms with Crippen LogP contribution in [0.3, 0.4) is 0 Å². The summed E-state index contributed by atoms with van der Waals surface area (Å²) in [6, 6.07) is 0. The third kappa shape index (κ3) is 52.5. The van der Waals surface area contributed by atoms with Crippen LogP contribution < -0.4 is 0 Å². The van der Waals surface area contributed by atoms with Gasteiger partial charge in [0.15, 0.2) is 6.10 Å². The first kappa shape index (κ1) is 62.6. The van der Waals surface area contributed by atoms with Gasteiger partial charge in [-0.1, -0.05) is 269 Å². The van der Waals surface area contributed by atoms with Crippen LogP contribution in [0.25, 0.3) is 0 Å². The van der Waals surface area contributed by atoms with E-state index in [1.54, 1.807) is 0 Å². The van der Waals surface area contributed by atoms with Gasteiger partial charge in [-0.2, -0.15) is 0 Å². The van der Waals surface area contributed by atoms with Crippen molar-refractivity contribution in [1.29, 1.82) is 0 Å². The molecule has 0 unspecified atom stereocenters. The first-order chi connectivity index (χ1) is 32.0. The summed E-state index contributed by atoms with van der Waals surface area (Å²) in [6.07, 6.45) is 64.3. The molecule has 0 rings (SSSR count). The van der Waals surface area contributed by atoms with Crippen LogP contribution in [0, 0.1) is 0 Å². The molecule has 0 saturated heterocycles. The predicted molar refractivity (Wildman–Crippen MR) is 279 cm³/mol. The van der Waals surface area contributed by atoms with Crippen LogP contribution in [-0.2, 0) is 28.6 Å². The molecule has 0 radical (unpaired) electrons. The minimum atomic E-state index is -0.776. The summed E-state index contributed by atoms with van der Waals surface area (Å²) in [4.78, 5) is 38.1. The number of hydrogen-bond acceptors (Lipinski definition) is 6. The van der Waals surface area contributed by atoms with Gasteiger partial charge in [0.05, 0.1) is 0 Å². The van der Waals surface area contributed by atoms with Gasteiger partial charge in [0.1, 0.15) is 13.2 Å². The van der Waals surface area contributed by atoms with Gasteiger partial charge in [-0.25, -0.2) is 0 Å². The number of allylic oxidation sites excluding steroid dienone is 6. The molecule has 380 valence electrons. The summed E-state index contributed by atoms with van der Waals surface area (Å²) in [5.41, 5.74) is 0. The second kappa shape index (κ2) is 54.2. The lowest BCUT2D eigenvalue weighted by Gasteiger charge is -2.18. The quantitative estimate of drug-likeness (QED) is 0.0262. The summed E-state index contributed by atoms with van der Waals surface area (Å²) >= 11 is 0. The second-order valence-electron chi connectivity index (χ2n) is 19.2. The van der Waals surface area contributed by atoms with Crippen molar-refractivity contribution in [2.24, 2.45) is 0 Å². The van der Waals surface area contributed by atoms with E-state index >= 15 is 0 Å². The van der Waals surface area contributed by atoms with Crippen LogP contribution in [-0.4, -0.2) is 37.2 Å². The molecule has 65 heavy (non-hydrogen) atoms. The Morgan fingerprint density at radius 1 is 0.323 bits per heavy atom. The molecule has 6 heteroatoms. The molecular formula is C59H108O6. The van der Waals surface area contributed by atoms with E-state index in [9.17, 15) is 14.4 Å². The molecule has 0 heterocycles. The van der Waals surface area contributed by atoms with E-state index in [0.717, 1.165) is 96.3 Å². The molecule has 0 aromatic rings. The highest BCUT2D eigenvalue weighted by atomic mass is 16.6. The van der Waals surface area contributed by atoms with E-state index in [4.69, 9.17) is 14.2 Å². The molecule has 0 aliphatic heterocycles. The number of hydrogen-bond donors (Lipinski definition) is 0. The molecule has 0 N–H and O–H groups in total. The van der Waals surface area contributed by atoms with Crippen LogP contribution in [0.1, 0.15) is 303 Å². The molecule has 0 fully saturated rings. The molecule has 0 aromatic carbocycles. The molecule has 0 aromatic heterocycles. The summed E-state index contributed by atoms with van der Waals surface area (Å²) in [5, 5.41) is 0. The maximum atomic E-state index is 12.8. The lowest BCUT2D eigenvalue weighted by molar-refractivity contribution is -0.167. The molecule has 0 spiro atoms. The number of rotatable bonds is 52. The average molecular weight is 914 g/mol. The van der Waals surface area contributed by atoms with E-state index in [1.165, 1.54) is 167 Å². The molecule has 0 aliphatic carbocycles. The van der Waals surface area contributed by atoms with Crippen molar-refractivity contribution in [3.8, 4) is 0 Å². The van der Waals surface area contributed by atoms with E-state index in [1.807, 2.05) is 0 Å². The van der Waals surface area contributed by atoms with Crippen molar-refractivity contribution in [1.82, 2.24) is 0 Å². The minimum absolute atomic E-state index is 0.0746. The van der Waals surface area contributed by atoms with Gasteiger partial charge in [0, 0.05) is 19.3 Å². The van der Waals surface area contributed by atoms with Gasteiger partial charge in [0.2, 0.25) is 0 Å². The van der Waals surface area contributed by atoms with Gasteiger partial charge in [-0.15, -0.1) is 0 Å². The van der Waals surface area contributed by atoms with Gasteiger partial charge < -0.3 is 14.2 Å². The van der Waals surface area contributed by atoms with Gasteiger partial charge in [-0.3, -0.25) is 14.4 Å². The average Bonchev–Trinajstić information content (AvgIpc) is 3.30. The maximum Gasteiger partial charge on any atom is 0.306 e. The van der Waals surface area contributed by atoms with Crippen molar-refractivity contribution < 1.29 is 28.6 Å². The number of unbranched alkanes of at least 4 members (excludes halogenated alkanes) is 35. The normalized spacial score (nSPS) is 12.2. The topological polar surface area (TPSA) is 78.9 Å². The van der Waals surface area contributed by atoms with Crippen LogP contribution in [0.2, 0.25) is 0 Å². The van der Waals surface area contributed by atoms with Crippen LogP contribution >= 0.6 is 0 Å². The van der Waals surface area contributed by atoms with Crippen molar-refractivity contribution in [3.63, 3.8) is 0 Å². The van der Waals surface area contributed by atoms with Gasteiger partial charge in [0.25, 0.3) is 0 Å². The molecule has 0 saturated carbocycles. The van der Waals surface area contributed by atoms with E-state index < -0.39 is 6.10 Å². The Hall–Kier alpha value is -2.37. The number of ether oxygens (including phenoxy) is 3. The van der Waals surface area contributed by atoms with Crippen LogP contribution in [0.5, 0.6) is 0 Å². The first-order valence-corrected chi connectivity index (χ1v) is 28.5. The number of carbonyl (C=O) groups is 3. The lowest BCUT2D eigenvalue weighted by atomic mass is 10.0. The molecular weight excluding hydrogens is 805 g/mol. The monoisotopic (exact) mass is 913 g/mol. The highest BCUT2D eigenvalue weighted by Crippen LogP contribution is 2.17. The Kier molecular flexibility index (Phi) is 52.3. The van der Waals surface area contributed by atoms with E-state index in [0.29, 0.717) is 19.3 Å². The van der Waals surface area contributed by atoms with Crippen LogP contribution in [0.4, 0.5) is 0 Å². The highest BCUT2D eigenvalue weighted by molar-refractivity contribution is 5.71. The molecule has 0 aliphatic rings. The summed E-state index contributed by atoms with van der Waals surface area (Å²) < 4.78 is 16.8. The zero-order valence-electron chi connectivity index (χ0n) is 43.5. The predicted octanol–water partition coefficient (Wildman–Crippen LogP) is 18.9. The summed E-state index contributed by atoms with van der Waals surface area (Å²) in [6.45, 7) is 6.55. The molecule has 6 nitrogen and oxygen atoms in total. The maximum absolute atomic E-state index is 12.8. The Labute approximate surface area is 404 Å². The third-order valence-corrected chi connectivity index (χ3v) is 12.7. The van der Waals surface area contributed by atoms with E-state index in [2.05, 4.69) is 57.2 Å². The van der Waals surface area contributed by atoms with Crippen molar-refractivity contribution in [2.45, 2.75) is 309 Å². The second-order valence-corrected chi connectivity index (χ2v) is 19.2. The lowest BCUT2D eigenvalue weighted by Crippen LogP contribution is -2.30. The van der Waals surface area contributed by atoms with Crippen molar-refractivity contribution >= 4 is 17.9 Å². The Bertz CT molecular complexity index is 1090. The number of esters is 3. The Morgan fingerprint density at radius 3 is 0.938 bits per heavy atom. The molecule has 0 bridgehead atoms. The van der Waals surface area contributed by atoms with Crippen molar-refractivity contribution in [2.75, 3.05) is 13.2 Å². The fraction of sp³-hybridized carbons (Fsp3) is 0.847. The van der Waals surface area contributed by atoms with Crippen molar-refractivity contribution in [3.05, 3.63) is 36.5 Å². The van der Waals surface area contributed by atoms with Gasteiger partial charge in [-0.05, 0) is 51.4 Å². The Balaban J connectivity index is 4.27. The van der Waals surface area contributed by atoms with E-state index in [-0.39, 0.29) is 31.1 Å². The fourth-order valence-corrected chi connectivity index (χ4v) is 8.40.